The van der Waals surface area contributed by atoms with Crippen molar-refractivity contribution in [3.05, 3.63) is 132 Å². The van der Waals surface area contributed by atoms with Gasteiger partial charge in [-0.05, 0) is 89.1 Å². The predicted molar refractivity (Wildman–Crippen MR) is 240 cm³/mol. The van der Waals surface area contributed by atoms with E-state index in [0.717, 1.165) is 62.6 Å². The fraction of sp³-hybridized carbons (Fsp3) is 0.222. The van der Waals surface area contributed by atoms with Gasteiger partial charge in [-0.2, -0.15) is 0 Å². The zero-order valence-corrected chi connectivity index (χ0v) is 50.9. The zero-order valence-electron chi connectivity index (χ0n) is 37.1. The first-order valence-electron chi connectivity index (χ1n) is 19.7. The molecule has 4 aromatic carbocycles. The molecule has 6 heterocycles. The Kier molecular flexibility index (Phi) is 20.3. The normalized spacial score (nSPS) is 17.2. The first-order chi connectivity index (χ1) is 30.7. The van der Waals surface area contributed by atoms with Crippen LogP contribution in [0.5, 0.6) is 34.5 Å². The van der Waals surface area contributed by atoms with Crippen molar-refractivity contribution in [2.45, 2.75) is 37.8 Å². The molecule has 10 rings (SSSR count). The van der Waals surface area contributed by atoms with E-state index in [-0.39, 0.29) is 170 Å². The van der Waals surface area contributed by atoms with Crippen LogP contribution in [-0.2, 0) is 30.2 Å². The molecular weight excluding hydrogens is 1190 g/mol. The van der Waals surface area contributed by atoms with Crippen LogP contribution in [0.15, 0.2) is 120 Å². The molecule has 4 aliphatic rings. The van der Waals surface area contributed by atoms with Crippen LogP contribution in [0.2, 0.25) is 0 Å². The van der Waals surface area contributed by atoms with Crippen LogP contribution in [0.4, 0.5) is 0 Å². The number of phenolic OH excluding ortho intramolecular Hbond substituents is 1. The van der Waals surface area contributed by atoms with E-state index in [1.807, 2.05) is 54.6 Å². The second-order valence-corrected chi connectivity index (χ2v) is 15.2. The fourth-order valence-electron chi connectivity index (χ4n) is 7.24. The molecular formula is C45H43Cs2IN8O9. The molecule has 0 aliphatic carbocycles. The summed E-state index contributed by atoms with van der Waals surface area (Å²) < 4.78 is 30.5. The molecule has 0 saturated carbocycles. The third-order valence-corrected chi connectivity index (χ3v) is 11.1. The van der Waals surface area contributed by atoms with Gasteiger partial charge in [0, 0.05) is 58.2 Å². The summed E-state index contributed by atoms with van der Waals surface area (Å²) in [4.78, 5) is 36.9. The van der Waals surface area contributed by atoms with Crippen molar-refractivity contribution < 1.29 is 183 Å². The monoisotopic (exact) mass is 1230 g/mol. The molecule has 2 unspecified atom stereocenters. The molecule has 2 aromatic heterocycles. The summed E-state index contributed by atoms with van der Waals surface area (Å²) in [6.45, 7) is 5.24. The summed E-state index contributed by atoms with van der Waals surface area (Å²) >= 11 is 2.35. The smallest absolute Gasteiger partial charge is 1.00 e. The minimum absolute atomic E-state index is 0. The van der Waals surface area contributed by atoms with E-state index in [2.05, 4.69) is 66.3 Å². The summed E-state index contributed by atoms with van der Waals surface area (Å²) in [6.07, 6.45) is 12.3. The number of carbonyl (C=O) groups excluding carboxylic acids is 1. The quantitative estimate of drug-likeness (QED) is 0.0651. The largest absolute Gasteiger partial charge is 1.00 e. The van der Waals surface area contributed by atoms with Gasteiger partial charge in [0.15, 0.2) is 11.1 Å². The number of benzene rings is 4. The van der Waals surface area contributed by atoms with Crippen LogP contribution in [0, 0.1) is 0 Å². The molecule has 65 heavy (non-hydrogen) atoms. The molecule has 17 nitrogen and oxygen atoms in total. The fourth-order valence-corrected chi connectivity index (χ4v) is 7.24. The molecule has 2 atom stereocenters. The Hall–Kier alpha value is -2.96. The first-order valence-corrected chi connectivity index (χ1v) is 21.2. The second-order valence-electron chi connectivity index (χ2n) is 14.1. The number of aliphatic imine (C=N–C) groups is 2. The molecule has 0 fully saturated rings. The topological polar surface area (TPSA) is 244 Å². The number of halogens is 1. The Bertz CT molecular complexity index is 2640. The number of phenols is 1. The van der Waals surface area contributed by atoms with Crippen LogP contribution in [0.1, 0.15) is 50.4 Å². The van der Waals surface area contributed by atoms with Crippen LogP contribution >= 0.6 is 22.6 Å². The van der Waals surface area contributed by atoms with Crippen molar-refractivity contribution in [2.75, 3.05) is 24.2 Å². The van der Waals surface area contributed by atoms with Crippen molar-refractivity contribution in [1.82, 2.24) is 19.9 Å². The summed E-state index contributed by atoms with van der Waals surface area (Å²) in [7, 11) is 0. The minimum Gasteiger partial charge on any atom is -1.00 e. The molecule has 6 aromatic rings. The third-order valence-electron chi connectivity index (χ3n) is 10.0. The number of ether oxygens (including phenoxy) is 5. The molecule has 20 heteroatoms. The van der Waals surface area contributed by atoms with E-state index in [1.54, 1.807) is 43.0 Å². The number of alkyl halides is 1. The molecule has 0 radical (unpaired) electrons. The van der Waals surface area contributed by atoms with Gasteiger partial charge in [0.2, 0.25) is 0 Å². The van der Waals surface area contributed by atoms with E-state index >= 15 is 0 Å². The Balaban J connectivity index is 0.000000240. The number of hydrogen-bond donors (Lipinski definition) is 3. The average Bonchev–Trinajstić information content (AvgIpc) is 3.92. The number of carbonyl (C=O) groups is 1. The van der Waals surface area contributed by atoms with Crippen molar-refractivity contribution in [1.29, 1.82) is 0 Å². The van der Waals surface area contributed by atoms with Crippen LogP contribution in [0.25, 0.3) is 22.3 Å². The molecule has 4 aliphatic heterocycles. The average molecular weight is 1230 g/mol. The maximum atomic E-state index is 9.99. The number of rotatable bonds is 7. The van der Waals surface area contributed by atoms with Gasteiger partial charge in [0.05, 0.1) is 6.61 Å². The SMILES string of the molecule is CCCI.CCCOc1ccc2c(c1)C1(COC(N)=N1)c1cc(-c3cncnc3)ccc1O2.NC1=NC2(CO1)c1cc(O)ccc1Oc1ccc(-c3cncnc3)cc12.O=CO[O-].[Cs+].[Cs+].[H-]. The van der Waals surface area contributed by atoms with Crippen LogP contribution < -0.4 is 169 Å². The maximum absolute atomic E-state index is 9.99. The van der Waals surface area contributed by atoms with Gasteiger partial charge in [0.25, 0.3) is 18.5 Å². The van der Waals surface area contributed by atoms with Gasteiger partial charge in [-0.25, -0.2) is 29.9 Å². The summed E-state index contributed by atoms with van der Waals surface area (Å²) in [5.74, 6) is 3.63. The van der Waals surface area contributed by atoms with Gasteiger partial charge < -0.3 is 51.8 Å². The van der Waals surface area contributed by atoms with E-state index in [1.165, 1.54) is 23.5 Å². The van der Waals surface area contributed by atoms with Gasteiger partial charge in [-0.15, -0.1) is 0 Å². The van der Waals surface area contributed by atoms with E-state index in [4.69, 9.17) is 50.2 Å². The van der Waals surface area contributed by atoms with Gasteiger partial charge in [-0.3, -0.25) is 4.79 Å². The number of nitrogens with zero attached hydrogens (tertiary/aromatic N) is 6. The number of aromatic nitrogens is 4. The molecule has 326 valence electrons. The van der Waals surface area contributed by atoms with Crippen molar-refractivity contribution in [3.8, 4) is 56.8 Å². The number of aromatic hydroxyl groups is 1. The molecule has 2 spiro atoms. The number of amidine groups is 2. The van der Waals surface area contributed by atoms with Crippen molar-refractivity contribution in [3.63, 3.8) is 0 Å². The van der Waals surface area contributed by atoms with E-state index < -0.39 is 11.1 Å². The second kappa shape index (κ2) is 24.9. The zero-order chi connectivity index (χ0) is 44.4. The Labute approximate surface area is 508 Å². The van der Waals surface area contributed by atoms with Crippen molar-refractivity contribution in [2.24, 2.45) is 21.5 Å². The number of nitrogens with two attached hydrogens (primary N) is 2. The Morgan fingerprint density at radius 2 is 1.11 bits per heavy atom. The van der Waals surface area contributed by atoms with Crippen LogP contribution in [0.3, 0.4) is 0 Å². The Morgan fingerprint density at radius 3 is 1.51 bits per heavy atom. The number of hydrogen-bond acceptors (Lipinski definition) is 17. The van der Waals surface area contributed by atoms with Gasteiger partial charge in [0.1, 0.15) is 60.4 Å². The number of fused-ring (bicyclic) bond motifs is 8. The Morgan fingerprint density at radius 1 is 0.692 bits per heavy atom. The third kappa shape index (κ3) is 12.0. The predicted octanol–water partition coefficient (Wildman–Crippen LogP) is 0.557. The first kappa shape index (κ1) is 53.0. The van der Waals surface area contributed by atoms with E-state index in [9.17, 15) is 5.11 Å². The summed E-state index contributed by atoms with van der Waals surface area (Å²) in [5, 5.41) is 18.4. The molecule has 5 N–H and O–H groups in total. The molecule has 0 saturated heterocycles. The van der Waals surface area contributed by atoms with Gasteiger partial charge >= 0.3 is 138 Å². The van der Waals surface area contributed by atoms with Crippen LogP contribution in [-0.4, -0.2) is 67.8 Å². The maximum Gasteiger partial charge on any atom is 1.00 e. The molecule has 0 amide bonds. The summed E-state index contributed by atoms with van der Waals surface area (Å²) in [5.41, 5.74) is 17.1. The van der Waals surface area contributed by atoms with E-state index in [0.29, 0.717) is 30.3 Å². The standard InChI is InChI=1S/C22H20N4O3.C19H14N4O3.C3H7I.CH2O3.2Cs.H/c1-2-7-27-16-4-6-20-18(9-16)22(12-28-21(23)26-22)17-8-14(3-5-19(17)29-20)15-10-24-13-25-11-15;20-18-23-19(9-25-18)14-5-11(12-7-21-10-22-8-12)1-3-16(14)26-17-4-2-13(24)6-15(17)19;1-2-3-4;2-1-4-3;;;/h3-6,8-11,13H,2,7,12H2,1H3,(H2,23,26);1-8,10,24H,9H2,(H2,20,23);2-3H2,1H3;1,3H;;;/q;;;;2*+1;-1/p-1. The summed E-state index contributed by atoms with van der Waals surface area (Å²) in [6, 6.07) is 22.8. The van der Waals surface area contributed by atoms with Crippen molar-refractivity contribution >= 4 is 41.1 Å². The molecule has 0 bridgehead atoms. The van der Waals surface area contributed by atoms with Gasteiger partial charge in [-0.1, -0.05) is 48.6 Å². The minimum atomic E-state index is -0.864.